The highest BCUT2D eigenvalue weighted by molar-refractivity contribution is 6.42. The largest absolute Gasteiger partial charge is 0.292 e. The van der Waals surface area contributed by atoms with Crippen LogP contribution in [0.15, 0.2) is 48.6 Å². The van der Waals surface area contributed by atoms with Crippen LogP contribution < -0.4 is 0 Å². The predicted molar refractivity (Wildman–Crippen MR) is 125 cm³/mol. The van der Waals surface area contributed by atoms with E-state index in [1.807, 2.05) is 32.1 Å². The lowest BCUT2D eigenvalue weighted by atomic mass is 9.85. The van der Waals surface area contributed by atoms with Crippen molar-refractivity contribution in [3.8, 4) is 0 Å². The van der Waals surface area contributed by atoms with Crippen molar-refractivity contribution in [2.45, 2.75) is 26.7 Å². The highest BCUT2D eigenvalue weighted by Gasteiger charge is 2.51. The van der Waals surface area contributed by atoms with Gasteiger partial charge in [-0.15, -0.1) is 0 Å². The van der Waals surface area contributed by atoms with E-state index in [9.17, 15) is 19.2 Å². The Morgan fingerprint density at radius 3 is 2.06 bits per heavy atom. The molecule has 0 radical (unpaired) electrons. The van der Waals surface area contributed by atoms with Crippen molar-refractivity contribution in [2.24, 2.45) is 11.8 Å². The second kappa shape index (κ2) is 9.12. The van der Waals surface area contributed by atoms with E-state index in [2.05, 4.69) is 0 Å². The lowest BCUT2D eigenvalue weighted by Crippen LogP contribution is -2.52. The number of rotatable bonds is 5. The van der Waals surface area contributed by atoms with Crippen LogP contribution in [0.3, 0.4) is 0 Å². The zero-order chi connectivity index (χ0) is 23.9. The molecule has 0 unspecified atom stereocenters. The number of imide groups is 1. The fourth-order valence-corrected chi connectivity index (χ4v) is 4.47. The molecule has 1 fully saturated rings. The molecule has 0 bridgehead atoms. The number of ketones is 1. The van der Waals surface area contributed by atoms with Crippen molar-refractivity contribution in [1.29, 1.82) is 0 Å². The van der Waals surface area contributed by atoms with Crippen LogP contribution in [0.25, 0.3) is 0 Å². The number of benzene rings is 2. The van der Waals surface area contributed by atoms with Gasteiger partial charge in [0.25, 0.3) is 17.7 Å². The maximum absolute atomic E-state index is 13.5. The maximum Gasteiger partial charge on any atom is 0.273 e. The van der Waals surface area contributed by atoms with Crippen molar-refractivity contribution in [2.75, 3.05) is 6.54 Å². The predicted octanol–water partition coefficient (Wildman–Crippen LogP) is 4.80. The van der Waals surface area contributed by atoms with Crippen LogP contribution >= 0.6 is 23.2 Å². The van der Waals surface area contributed by atoms with Crippen LogP contribution in [0.2, 0.25) is 10.0 Å². The zero-order valence-electron chi connectivity index (χ0n) is 18.2. The van der Waals surface area contributed by atoms with Crippen molar-refractivity contribution in [3.63, 3.8) is 0 Å². The Kier molecular flexibility index (Phi) is 6.41. The number of carbonyl (C=O) groups excluding carboxylic acids is 4. The molecule has 8 heteroatoms. The van der Waals surface area contributed by atoms with Gasteiger partial charge in [0.1, 0.15) is 6.54 Å². The number of hydrogen-bond acceptors (Lipinski definition) is 4. The summed E-state index contributed by atoms with van der Waals surface area (Å²) in [7, 11) is 0. The van der Waals surface area contributed by atoms with Crippen LogP contribution in [0.5, 0.6) is 0 Å². The van der Waals surface area contributed by atoms with Gasteiger partial charge in [0, 0.05) is 11.1 Å². The molecular formula is C25H22Cl2N2O4. The molecule has 2 aromatic rings. The topological polar surface area (TPSA) is 74.8 Å². The second-order valence-electron chi connectivity index (χ2n) is 8.36. The SMILES string of the molecule is Cc1ccc(C(=O)CN(C(=O)c2ccc(Cl)c(Cl)c2)N2C(=O)[C@H]3CC=CC[C@H]3C2=O)cc1C. The normalized spacial score (nSPS) is 19.6. The first-order valence-electron chi connectivity index (χ1n) is 10.6. The number of aryl methyl sites for hydroxylation is 2. The van der Waals surface area contributed by atoms with Gasteiger partial charge in [-0.2, -0.15) is 5.01 Å². The number of fused-ring (bicyclic) bond motifs is 1. The Hall–Kier alpha value is -2.96. The summed E-state index contributed by atoms with van der Waals surface area (Å²) in [5.41, 5.74) is 2.46. The van der Waals surface area contributed by atoms with E-state index < -0.39 is 36.1 Å². The Balaban J connectivity index is 1.71. The molecule has 0 saturated carbocycles. The van der Waals surface area contributed by atoms with Gasteiger partial charge < -0.3 is 0 Å². The monoisotopic (exact) mass is 484 g/mol. The summed E-state index contributed by atoms with van der Waals surface area (Å²) in [6, 6.07) is 9.49. The summed E-state index contributed by atoms with van der Waals surface area (Å²) in [6.07, 6.45) is 4.57. The van der Waals surface area contributed by atoms with Crippen LogP contribution in [0.4, 0.5) is 0 Å². The summed E-state index contributed by atoms with van der Waals surface area (Å²) in [4.78, 5) is 53.0. The lowest BCUT2D eigenvalue weighted by molar-refractivity contribution is -0.154. The molecule has 0 spiro atoms. The number of allylic oxidation sites excluding steroid dienone is 2. The zero-order valence-corrected chi connectivity index (χ0v) is 19.7. The molecule has 2 aliphatic rings. The quantitative estimate of drug-likeness (QED) is 0.347. The minimum Gasteiger partial charge on any atom is -0.292 e. The van der Waals surface area contributed by atoms with Crippen LogP contribution in [-0.4, -0.2) is 40.1 Å². The molecule has 6 nitrogen and oxygen atoms in total. The fourth-order valence-electron chi connectivity index (χ4n) is 4.17. The van der Waals surface area contributed by atoms with Crippen molar-refractivity contribution in [1.82, 2.24) is 10.0 Å². The molecule has 1 saturated heterocycles. The molecule has 0 aromatic heterocycles. The Morgan fingerprint density at radius 2 is 1.48 bits per heavy atom. The molecule has 33 heavy (non-hydrogen) atoms. The second-order valence-corrected chi connectivity index (χ2v) is 9.17. The summed E-state index contributed by atoms with van der Waals surface area (Å²) >= 11 is 12.1. The van der Waals surface area contributed by atoms with Crippen molar-refractivity contribution >= 4 is 46.7 Å². The summed E-state index contributed by atoms with van der Waals surface area (Å²) in [5, 5.41) is 2.21. The maximum atomic E-state index is 13.5. The average molecular weight is 485 g/mol. The van der Waals surface area contributed by atoms with E-state index in [1.165, 1.54) is 18.2 Å². The van der Waals surface area contributed by atoms with Gasteiger partial charge in [-0.1, -0.05) is 47.5 Å². The molecule has 1 aliphatic carbocycles. The van der Waals surface area contributed by atoms with Gasteiger partial charge in [0.2, 0.25) is 0 Å². The molecule has 1 heterocycles. The van der Waals surface area contributed by atoms with Gasteiger partial charge in [-0.3, -0.25) is 19.2 Å². The van der Waals surface area contributed by atoms with E-state index in [-0.39, 0.29) is 21.4 Å². The lowest BCUT2D eigenvalue weighted by Gasteiger charge is -2.30. The number of halogens is 2. The summed E-state index contributed by atoms with van der Waals surface area (Å²) < 4.78 is 0. The molecule has 2 aromatic carbocycles. The number of hydrazine groups is 1. The summed E-state index contributed by atoms with van der Waals surface area (Å²) in [6.45, 7) is 3.35. The highest BCUT2D eigenvalue weighted by atomic mass is 35.5. The molecule has 1 aliphatic heterocycles. The minimum absolute atomic E-state index is 0.117. The van der Waals surface area contributed by atoms with Gasteiger partial charge in [-0.05, 0) is 62.1 Å². The van der Waals surface area contributed by atoms with Gasteiger partial charge in [0.05, 0.1) is 21.9 Å². The third kappa shape index (κ3) is 4.33. The number of Topliss-reactive ketones (excluding diaryl/α,β-unsaturated/α-hetero) is 1. The molecule has 3 amide bonds. The first kappa shape index (κ1) is 23.2. The molecule has 0 N–H and O–H groups in total. The Morgan fingerprint density at radius 1 is 0.879 bits per heavy atom. The van der Waals surface area contributed by atoms with E-state index in [0.717, 1.165) is 21.1 Å². The van der Waals surface area contributed by atoms with Gasteiger partial charge >= 0.3 is 0 Å². The van der Waals surface area contributed by atoms with Gasteiger partial charge in [-0.25, -0.2) is 5.01 Å². The number of carbonyl (C=O) groups is 4. The average Bonchev–Trinajstić information content (AvgIpc) is 3.05. The highest BCUT2D eigenvalue weighted by Crippen LogP contribution is 2.36. The molecular weight excluding hydrogens is 463 g/mol. The Bertz CT molecular complexity index is 1180. The van der Waals surface area contributed by atoms with Crippen LogP contribution in [-0.2, 0) is 9.59 Å². The number of hydrogen-bond donors (Lipinski definition) is 0. The van der Waals surface area contributed by atoms with Crippen molar-refractivity contribution < 1.29 is 19.2 Å². The minimum atomic E-state index is -0.681. The molecule has 170 valence electrons. The van der Waals surface area contributed by atoms with Crippen LogP contribution in [0, 0.1) is 25.7 Å². The standard InChI is InChI=1S/C25H22Cl2N2O4/c1-14-7-8-16(11-15(14)2)22(30)13-28(23(31)17-9-10-20(26)21(27)12-17)29-24(32)18-5-3-4-6-19(18)25(29)33/h3-4,7-12,18-19H,5-6,13H2,1-2H3/t18-,19+. The van der Waals surface area contributed by atoms with E-state index in [1.54, 1.807) is 12.1 Å². The number of amides is 3. The van der Waals surface area contributed by atoms with E-state index in [4.69, 9.17) is 23.2 Å². The smallest absolute Gasteiger partial charge is 0.273 e. The van der Waals surface area contributed by atoms with Crippen molar-refractivity contribution in [3.05, 3.63) is 80.8 Å². The molecule has 2 atom stereocenters. The van der Waals surface area contributed by atoms with E-state index in [0.29, 0.717) is 18.4 Å². The summed E-state index contributed by atoms with van der Waals surface area (Å²) in [5.74, 6) is -3.10. The third-order valence-corrected chi connectivity index (χ3v) is 6.99. The van der Waals surface area contributed by atoms with E-state index >= 15 is 0 Å². The third-order valence-electron chi connectivity index (χ3n) is 6.25. The number of nitrogens with zero attached hydrogens (tertiary/aromatic N) is 2. The Labute approximate surface area is 201 Å². The fraction of sp³-hybridized carbons (Fsp3) is 0.280. The first-order chi connectivity index (χ1) is 15.7. The van der Waals surface area contributed by atoms with Crippen LogP contribution in [0.1, 0.15) is 44.7 Å². The first-order valence-corrected chi connectivity index (χ1v) is 11.3. The molecule has 4 rings (SSSR count). The van der Waals surface area contributed by atoms with Gasteiger partial charge in [0.15, 0.2) is 5.78 Å².